The third-order valence-electron chi connectivity index (χ3n) is 6.35. The van der Waals surface area contributed by atoms with E-state index in [0.717, 1.165) is 5.56 Å². The molecule has 0 radical (unpaired) electrons. The molecule has 2 aliphatic rings. The average Bonchev–Trinajstić information content (AvgIpc) is 2.86. The zero-order valence-corrected chi connectivity index (χ0v) is 22.2. The van der Waals surface area contributed by atoms with Crippen molar-refractivity contribution >= 4 is 23.9 Å². The van der Waals surface area contributed by atoms with E-state index in [1.165, 1.54) is 28.1 Å². The van der Waals surface area contributed by atoms with Gasteiger partial charge in [0, 0.05) is 26.7 Å². The third-order valence-corrected chi connectivity index (χ3v) is 6.35. The summed E-state index contributed by atoms with van der Waals surface area (Å²) in [6, 6.07) is 4.63. The number of hydrogen-bond acceptors (Lipinski definition) is 6. The van der Waals surface area contributed by atoms with E-state index in [1.54, 1.807) is 29.1 Å². The van der Waals surface area contributed by atoms with Gasteiger partial charge in [-0.1, -0.05) is 38.6 Å². The molecular formula is C26H37FN6O5. The van der Waals surface area contributed by atoms with E-state index in [4.69, 9.17) is 4.74 Å². The van der Waals surface area contributed by atoms with Crippen molar-refractivity contribution in [1.29, 1.82) is 0 Å². The number of hydrogen-bond donors (Lipinski definition) is 2. The second kappa shape index (κ2) is 13.2. The lowest BCUT2D eigenvalue weighted by Crippen LogP contribution is -2.76. The van der Waals surface area contributed by atoms with Crippen molar-refractivity contribution in [3.8, 4) is 0 Å². The van der Waals surface area contributed by atoms with Crippen LogP contribution in [0.4, 0.5) is 14.0 Å². The molecule has 2 N–H and O–H groups in total. The van der Waals surface area contributed by atoms with Crippen LogP contribution in [0.1, 0.15) is 32.3 Å². The molecule has 2 heterocycles. The summed E-state index contributed by atoms with van der Waals surface area (Å²) in [5.41, 5.74) is 0.726. The van der Waals surface area contributed by atoms with Crippen LogP contribution in [-0.4, -0.2) is 95.8 Å². The average molecular weight is 533 g/mol. The van der Waals surface area contributed by atoms with Crippen LogP contribution >= 0.6 is 0 Å². The van der Waals surface area contributed by atoms with E-state index in [0.29, 0.717) is 19.4 Å². The first kappa shape index (κ1) is 28.9. The van der Waals surface area contributed by atoms with Gasteiger partial charge in [0.05, 0.1) is 13.1 Å². The molecule has 0 bridgehead atoms. The summed E-state index contributed by atoms with van der Waals surface area (Å²) in [7, 11) is 1.66. The van der Waals surface area contributed by atoms with Gasteiger partial charge in [-0.15, -0.1) is 0 Å². The number of alkyl carbamates (subject to hydrolysis) is 1. The molecule has 12 heteroatoms. The number of urea groups is 1. The van der Waals surface area contributed by atoms with Gasteiger partial charge in [0.15, 0.2) is 0 Å². The van der Waals surface area contributed by atoms with Crippen LogP contribution < -0.4 is 10.6 Å². The highest BCUT2D eigenvalue weighted by Gasteiger charge is 2.50. The number of nitrogens with one attached hydrogen (secondary N) is 2. The Balaban J connectivity index is 1.75. The maximum Gasteiger partial charge on any atom is 0.407 e. The lowest BCUT2D eigenvalue weighted by molar-refractivity contribution is -0.187. The molecule has 2 fully saturated rings. The molecule has 2 atom stereocenters. The molecule has 2 aliphatic heterocycles. The number of carbonyl (C=O) groups excluding carboxylic acids is 4. The smallest absolute Gasteiger partial charge is 0.407 e. The highest BCUT2D eigenvalue weighted by atomic mass is 19.1. The number of benzene rings is 1. The highest BCUT2D eigenvalue weighted by Crippen LogP contribution is 2.28. The predicted molar refractivity (Wildman–Crippen MR) is 138 cm³/mol. The SMILES string of the molecule is C=CCOC(=O)NCCC[C@H]1C(=O)N(CC(C)C)C[C@H]2N1C(=O)CN(C)N2C(=O)NCc1ccc(F)cc1. The lowest BCUT2D eigenvalue weighted by Gasteiger charge is -2.54. The number of ether oxygens (including phenoxy) is 1. The number of rotatable bonds is 10. The Hall–Kier alpha value is -3.67. The Morgan fingerprint density at radius 2 is 1.92 bits per heavy atom. The first-order valence-corrected chi connectivity index (χ1v) is 12.8. The Kier molecular flexibility index (Phi) is 10.1. The standard InChI is InChI=1S/C26H37FN6O5/c1-5-13-38-26(37)28-12-6-7-21-24(35)31(15-18(2)3)16-22-32(21)23(34)17-30(4)33(22)25(36)29-14-19-8-10-20(27)11-9-19/h5,8-11,18,21-22H,1,6-7,12-17H2,2-4H3,(H,28,37)(H,29,36)/t21-,22-/m0/s1. The van der Waals surface area contributed by atoms with E-state index < -0.39 is 24.3 Å². The molecule has 38 heavy (non-hydrogen) atoms. The van der Waals surface area contributed by atoms with Gasteiger partial charge in [0.2, 0.25) is 11.8 Å². The Bertz CT molecular complexity index is 1020. The van der Waals surface area contributed by atoms with Gasteiger partial charge in [0.25, 0.3) is 0 Å². The van der Waals surface area contributed by atoms with Crippen molar-refractivity contribution in [1.82, 2.24) is 30.5 Å². The van der Waals surface area contributed by atoms with E-state index in [-0.39, 0.29) is 56.3 Å². The first-order chi connectivity index (χ1) is 18.1. The van der Waals surface area contributed by atoms with Crippen LogP contribution in [-0.2, 0) is 20.9 Å². The second-order valence-electron chi connectivity index (χ2n) is 9.84. The predicted octanol–water partition coefficient (Wildman–Crippen LogP) is 1.91. The first-order valence-electron chi connectivity index (χ1n) is 12.8. The van der Waals surface area contributed by atoms with Crippen LogP contribution in [0.3, 0.4) is 0 Å². The van der Waals surface area contributed by atoms with Gasteiger partial charge in [0.1, 0.15) is 24.6 Å². The fraction of sp³-hybridized carbons (Fsp3) is 0.538. The minimum atomic E-state index is -0.771. The fourth-order valence-corrected chi connectivity index (χ4v) is 4.72. The van der Waals surface area contributed by atoms with Gasteiger partial charge in [-0.05, 0) is 36.5 Å². The van der Waals surface area contributed by atoms with Crippen molar-refractivity contribution in [2.75, 3.05) is 39.8 Å². The summed E-state index contributed by atoms with van der Waals surface area (Å²) in [4.78, 5) is 54.9. The number of halogens is 1. The second-order valence-corrected chi connectivity index (χ2v) is 9.84. The van der Waals surface area contributed by atoms with Gasteiger partial charge in [-0.2, -0.15) is 0 Å². The van der Waals surface area contributed by atoms with Crippen molar-refractivity contribution in [3.05, 3.63) is 48.3 Å². The van der Waals surface area contributed by atoms with Crippen molar-refractivity contribution in [2.45, 2.75) is 45.4 Å². The molecule has 0 aliphatic carbocycles. The molecular weight excluding hydrogens is 495 g/mol. The number of amides is 5. The number of hydrazine groups is 1. The van der Waals surface area contributed by atoms with Gasteiger partial charge < -0.3 is 25.2 Å². The fourth-order valence-electron chi connectivity index (χ4n) is 4.72. The molecule has 11 nitrogen and oxygen atoms in total. The monoisotopic (exact) mass is 532 g/mol. The molecule has 1 aromatic carbocycles. The Morgan fingerprint density at radius 3 is 2.58 bits per heavy atom. The molecule has 0 spiro atoms. The Labute approximate surface area is 222 Å². The summed E-state index contributed by atoms with van der Waals surface area (Å²) in [6.45, 7) is 8.61. The van der Waals surface area contributed by atoms with Crippen LogP contribution in [0.2, 0.25) is 0 Å². The largest absolute Gasteiger partial charge is 0.445 e. The molecule has 0 saturated carbocycles. The van der Waals surface area contributed by atoms with Gasteiger partial charge >= 0.3 is 12.1 Å². The normalized spacial score (nSPS) is 19.9. The molecule has 3 rings (SSSR count). The lowest BCUT2D eigenvalue weighted by atomic mass is 10.0. The minimum absolute atomic E-state index is 0.0689. The number of carbonyl (C=O) groups is 4. The van der Waals surface area contributed by atoms with E-state index >= 15 is 0 Å². The zero-order chi connectivity index (χ0) is 27.8. The maximum atomic E-state index is 13.5. The summed E-state index contributed by atoms with van der Waals surface area (Å²) < 4.78 is 18.1. The van der Waals surface area contributed by atoms with E-state index in [1.807, 2.05) is 13.8 Å². The topological polar surface area (TPSA) is 115 Å². The van der Waals surface area contributed by atoms with Gasteiger partial charge in [-0.3, -0.25) is 9.59 Å². The van der Waals surface area contributed by atoms with Crippen LogP contribution in [0.15, 0.2) is 36.9 Å². The molecule has 0 aromatic heterocycles. The molecule has 1 aromatic rings. The van der Waals surface area contributed by atoms with Gasteiger partial charge in [-0.25, -0.2) is 24.0 Å². The maximum absolute atomic E-state index is 13.5. The van der Waals surface area contributed by atoms with Crippen LogP contribution in [0, 0.1) is 11.7 Å². The Morgan fingerprint density at radius 1 is 1.21 bits per heavy atom. The van der Waals surface area contributed by atoms with Crippen molar-refractivity contribution in [3.63, 3.8) is 0 Å². The number of piperazine rings is 1. The van der Waals surface area contributed by atoms with E-state index in [9.17, 15) is 23.6 Å². The zero-order valence-electron chi connectivity index (χ0n) is 22.2. The molecule has 208 valence electrons. The quantitative estimate of drug-likeness (QED) is 0.352. The third kappa shape index (κ3) is 7.21. The summed E-state index contributed by atoms with van der Waals surface area (Å²) >= 11 is 0. The van der Waals surface area contributed by atoms with Crippen molar-refractivity contribution in [2.24, 2.45) is 5.92 Å². The van der Waals surface area contributed by atoms with Crippen molar-refractivity contribution < 1.29 is 28.3 Å². The molecule has 2 saturated heterocycles. The van der Waals surface area contributed by atoms with Crippen LogP contribution in [0.25, 0.3) is 0 Å². The summed E-state index contributed by atoms with van der Waals surface area (Å²) in [5, 5.41) is 8.50. The van der Waals surface area contributed by atoms with E-state index in [2.05, 4.69) is 17.2 Å². The van der Waals surface area contributed by atoms with Crippen LogP contribution in [0.5, 0.6) is 0 Å². The molecule has 5 amide bonds. The summed E-state index contributed by atoms with van der Waals surface area (Å²) in [6.07, 6.45) is 0.926. The number of nitrogens with zero attached hydrogens (tertiary/aromatic N) is 4. The molecule has 0 unspecified atom stereocenters. The minimum Gasteiger partial charge on any atom is -0.445 e. The highest BCUT2D eigenvalue weighted by molar-refractivity contribution is 5.91. The summed E-state index contributed by atoms with van der Waals surface area (Å²) in [5.74, 6) is -0.600. The number of fused-ring (bicyclic) bond motifs is 1. The number of likely N-dealkylation sites (N-methyl/N-ethyl adjacent to an activating group) is 1.